The molecule has 0 aromatic heterocycles. The van der Waals surface area contributed by atoms with Gasteiger partial charge in [0.1, 0.15) is 0 Å². The molecule has 0 radical (unpaired) electrons. The summed E-state index contributed by atoms with van der Waals surface area (Å²) in [5.41, 5.74) is 0.349. The molecule has 1 N–H and O–H groups in total. The van der Waals surface area contributed by atoms with E-state index < -0.39 is 0 Å². The second kappa shape index (κ2) is 9.08. The number of cyclic esters (lactones) is 1. The summed E-state index contributed by atoms with van der Waals surface area (Å²) in [7, 11) is 0. The number of ether oxygens (including phenoxy) is 1. The van der Waals surface area contributed by atoms with E-state index in [9.17, 15) is 9.90 Å². The van der Waals surface area contributed by atoms with Crippen LogP contribution < -0.4 is 0 Å². The topological polar surface area (TPSA) is 46.5 Å². The molecule has 3 nitrogen and oxygen atoms in total. The van der Waals surface area contributed by atoms with Gasteiger partial charge in [0.2, 0.25) is 0 Å². The molecule has 150 valence electrons. The number of carbonyl (C=O) groups excluding carboxylic acids is 1. The monoisotopic (exact) mass is 364 g/mol. The molecule has 4 aliphatic rings. The van der Waals surface area contributed by atoms with Gasteiger partial charge < -0.3 is 9.84 Å². The number of hydrogen-bond donors (Lipinski definition) is 1. The normalized spacial score (nSPS) is 33.0. The number of unbranched alkanes of at least 4 members (excludes halogenated alkanes) is 8. The van der Waals surface area contributed by atoms with Crippen LogP contribution in [0.2, 0.25) is 0 Å². The number of carbonyl (C=O) groups is 1. The maximum absolute atomic E-state index is 12.1. The van der Waals surface area contributed by atoms with Crippen molar-refractivity contribution in [1.82, 2.24) is 0 Å². The molecular formula is C23H40O3. The van der Waals surface area contributed by atoms with Crippen molar-refractivity contribution < 1.29 is 14.6 Å². The molecule has 1 heterocycles. The van der Waals surface area contributed by atoms with E-state index in [2.05, 4.69) is 6.92 Å². The third kappa shape index (κ3) is 4.46. The van der Waals surface area contributed by atoms with E-state index in [1.54, 1.807) is 0 Å². The summed E-state index contributed by atoms with van der Waals surface area (Å²) < 4.78 is 5.41. The number of fused-ring (bicyclic) bond motifs is 1. The number of rotatable bonds is 14. The zero-order chi connectivity index (χ0) is 18.5. The smallest absolute Gasteiger partial charge is 0.312 e. The minimum absolute atomic E-state index is 0.0501. The SMILES string of the molecule is CCCCCCC(O)CCCCCCCCC1CC23COC(=O)C1(C2)C3. The molecule has 0 aromatic carbocycles. The van der Waals surface area contributed by atoms with Gasteiger partial charge in [0.05, 0.1) is 18.1 Å². The Labute approximate surface area is 160 Å². The summed E-state index contributed by atoms with van der Waals surface area (Å²) in [5, 5.41) is 10.00. The molecule has 3 heteroatoms. The van der Waals surface area contributed by atoms with E-state index in [1.165, 1.54) is 77.0 Å². The van der Waals surface area contributed by atoms with Gasteiger partial charge >= 0.3 is 5.97 Å². The van der Waals surface area contributed by atoms with E-state index in [-0.39, 0.29) is 17.5 Å². The zero-order valence-corrected chi connectivity index (χ0v) is 16.9. The van der Waals surface area contributed by atoms with Gasteiger partial charge in [0, 0.05) is 5.41 Å². The van der Waals surface area contributed by atoms with E-state index in [1.807, 2.05) is 0 Å². The number of aliphatic hydroxyl groups excluding tert-OH is 1. The van der Waals surface area contributed by atoms with Crippen molar-refractivity contribution in [2.24, 2.45) is 16.7 Å². The lowest BCUT2D eigenvalue weighted by Gasteiger charge is -2.51. The van der Waals surface area contributed by atoms with Gasteiger partial charge in [-0.25, -0.2) is 0 Å². The van der Waals surface area contributed by atoms with Crippen LogP contribution in [0.5, 0.6) is 0 Å². The van der Waals surface area contributed by atoms with Crippen LogP contribution in [0.4, 0.5) is 0 Å². The molecular weight excluding hydrogens is 324 g/mol. The van der Waals surface area contributed by atoms with Crippen LogP contribution in [0.15, 0.2) is 0 Å². The first-order valence-electron chi connectivity index (χ1n) is 11.5. The van der Waals surface area contributed by atoms with Gasteiger partial charge in [-0.3, -0.25) is 4.79 Å². The van der Waals surface area contributed by atoms with Crippen LogP contribution in [0.25, 0.3) is 0 Å². The molecule has 0 spiro atoms. The van der Waals surface area contributed by atoms with Crippen molar-refractivity contribution in [3.05, 3.63) is 0 Å². The Morgan fingerprint density at radius 2 is 1.62 bits per heavy atom. The predicted molar refractivity (Wildman–Crippen MR) is 105 cm³/mol. The minimum atomic E-state index is -0.0709. The highest BCUT2D eigenvalue weighted by molar-refractivity contribution is 5.81. The van der Waals surface area contributed by atoms with E-state index >= 15 is 0 Å². The molecule has 26 heavy (non-hydrogen) atoms. The van der Waals surface area contributed by atoms with Crippen molar-refractivity contribution in [2.75, 3.05) is 6.61 Å². The van der Waals surface area contributed by atoms with Crippen LogP contribution in [-0.2, 0) is 9.53 Å². The predicted octanol–water partition coefficient (Wildman–Crippen LogP) is 5.78. The van der Waals surface area contributed by atoms with Gasteiger partial charge in [-0.1, -0.05) is 71.1 Å². The van der Waals surface area contributed by atoms with E-state index in [0.717, 1.165) is 25.7 Å². The first-order valence-corrected chi connectivity index (χ1v) is 11.5. The van der Waals surface area contributed by atoms with Crippen LogP contribution in [0, 0.1) is 16.7 Å². The summed E-state index contributed by atoms with van der Waals surface area (Å²) in [4.78, 5) is 12.1. The molecule has 4 fully saturated rings. The maximum Gasteiger partial charge on any atom is 0.312 e. The van der Waals surface area contributed by atoms with E-state index in [0.29, 0.717) is 17.9 Å². The van der Waals surface area contributed by atoms with Crippen molar-refractivity contribution >= 4 is 5.97 Å². The molecule has 1 saturated heterocycles. The summed E-state index contributed by atoms with van der Waals surface area (Å²) >= 11 is 0. The van der Waals surface area contributed by atoms with Crippen molar-refractivity contribution in [1.29, 1.82) is 0 Å². The Kier molecular flexibility index (Phi) is 7.05. The lowest BCUT2D eigenvalue weighted by atomic mass is 9.57. The lowest BCUT2D eigenvalue weighted by molar-refractivity contribution is -0.191. The molecule has 3 saturated carbocycles. The molecule has 2 unspecified atom stereocenters. The first kappa shape index (κ1) is 20.2. The highest BCUT2D eigenvalue weighted by Gasteiger charge is 2.73. The maximum atomic E-state index is 12.1. The fourth-order valence-electron chi connectivity index (χ4n) is 6.08. The molecule has 0 aromatic rings. The summed E-state index contributed by atoms with van der Waals surface area (Å²) in [6, 6.07) is 0. The van der Waals surface area contributed by atoms with Crippen LogP contribution in [0.1, 0.15) is 110 Å². The van der Waals surface area contributed by atoms with Gasteiger partial charge in [-0.2, -0.15) is 0 Å². The Hall–Kier alpha value is -0.570. The molecule has 0 amide bonds. The second-order valence-electron chi connectivity index (χ2n) is 9.69. The highest BCUT2D eigenvalue weighted by Crippen LogP contribution is 2.73. The Morgan fingerprint density at radius 1 is 1.00 bits per heavy atom. The van der Waals surface area contributed by atoms with Gasteiger partial charge in [-0.05, 0) is 44.4 Å². The molecule has 2 atom stereocenters. The first-order chi connectivity index (χ1) is 12.6. The zero-order valence-electron chi connectivity index (χ0n) is 16.9. The van der Waals surface area contributed by atoms with Crippen molar-refractivity contribution in [3.8, 4) is 0 Å². The molecule has 1 aliphatic heterocycles. The average Bonchev–Trinajstić information content (AvgIpc) is 3.04. The molecule has 2 bridgehead atoms. The van der Waals surface area contributed by atoms with Gasteiger partial charge in [-0.15, -0.1) is 0 Å². The molecule has 4 rings (SSSR count). The number of hydrogen-bond acceptors (Lipinski definition) is 3. The Balaban J connectivity index is 1.16. The summed E-state index contributed by atoms with van der Waals surface area (Å²) in [6.45, 7) is 2.93. The highest BCUT2D eigenvalue weighted by atomic mass is 16.5. The quantitative estimate of drug-likeness (QED) is 0.314. The standard InChI is InChI=1S/C23H40O3/c1-2-3-4-10-13-20(24)14-11-8-6-5-7-9-12-19-15-22-16-23(19,17-22)21(25)26-18-22/h19-20,24H,2-18H2,1H3. The third-order valence-electron chi connectivity index (χ3n) is 7.49. The third-order valence-corrected chi connectivity index (χ3v) is 7.49. The van der Waals surface area contributed by atoms with Crippen LogP contribution >= 0.6 is 0 Å². The van der Waals surface area contributed by atoms with Gasteiger partial charge in [0.25, 0.3) is 0 Å². The fraction of sp³-hybridized carbons (Fsp3) is 0.957. The number of esters is 1. The largest absolute Gasteiger partial charge is 0.465 e. The van der Waals surface area contributed by atoms with Crippen LogP contribution in [-0.4, -0.2) is 23.8 Å². The lowest BCUT2D eigenvalue weighted by Crippen LogP contribution is -2.53. The Morgan fingerprint density at radius 3 is 2.31 bits per heavy atom. The summed E-state index contributed by atoms with van der Waals surface area (Å²) in [6.07, 6.45) is 19.3. The second-order valence-corrected chi connectivity index (χ2v) is 9.69. The van der Waals surface area contributed by atoms with Crippen molar-refractivity contribution in [2.45, 2.75) is 116 Å². The fourth-order valence-corrected chi connectivity index (χ4v) is 6.08. The minimum Gasteiger partial charge on any atom is -0.465 e. The van der Waals surface area contributed by atoms with Crippen molar-refractivity contribution in [3.63, 3.8) is 0 Å². The Bertz CT molecular complexity index is 452. The van der Waals surface area contributed by atoms with Gasteiger partial charge in [0.15, 0.2) is 0 Å². The molecule has 3 aliphatic carbocycles. The van der Waals surface area contributed by atoms with E-state index in [4.69, 9.17) is 4.74 Å². The average molecular weight is 365 g/mol. The summed E-state index contributed by atoms with van der Waals surface area (Å²) in [5.74, 6) is 0.732. The van der Waals surface area contributed by atoms with Crippen LogP contribution in [0.3, 0.4) is 0 Å². The number of aliphatic hydroxyl groups is 1.